The Hall–Kier alpha value is -2.04. The lowest BCUT2D eigenvalue weighted by Crippen LogP contribution is -2.09. The molecule has 5 nitrogen and oxygen atoms in total. The largest absolute Gasteiger partial charge is 0.388 e. The van der Waals surface area contributed by atoms with Gasteiger partial charge in [-0.1, -0.05) is 17.7 Å². The summed E-state index contributed by atoms with van der Waals surface area (Å²) in [5.41, 5.74) is 3.66. The predicted octanol–water partition coefficient (Wildman–Crippen LogP) is 2.88. The normalized spacial score (nSPS) is 14.3. The van der Waals surface area contributed by atoms with E-state index >= 15 is 0 Å². The van der Waals surface area contributed by atoms with Crippen molar-refractivity contribution in [1.82, 2.24) is 14.8 Å². The van der Waals surface area contributed by atoms with Crippen LogP contribution in [0.5, 0.6) is 0 Å². The van der Waals surface area contributed by atoms with Gasteiger partial charge in [0.05, 0.1) is 0 Å². The van der Waals surface area contributed by atoms with Crippen LogP contribution >= 0.6 is 0 Å². The minimum absolute atomic E-state index is 0.591. The Balaban J connectivity index is 1.78. The molecule has 1 aromatic carbocycles. The molecule has 106 valence electrons. The molecule has 0 radical (unpaired) electrons. The second-order valence-corrected chi connectivity index (χ2v) is 5.44. The third kappa shape index (κ3) is 2.48. The lowest BCUT2D eigenvalue weighted by atomic mass is 10.1. The molecule has 2 aromatic rings. The van der Waals surface area contributed by atoms with Gasteiger partial charge >= 0.3 is 0 Å². The van der Waals surface area contributed by atoms with Crippen LogP contribution < -0.4 is 10.6 Å². The van der Waals surface area contributed by atoms with Gasteiger partial charge in [0, 0.05) is 25.3 Å². The zero-order valence-corrected chi connectivity index (χ0v) is 12.3. The molecular weight excluding hydrogens is 250 g/mol. The quantitative estimate of drug-likeness (QED) is 0.878. The van der Waals surface area contributed by atoms with E-state index in [1.165, 1.54) is 24.0 Å². The van der Waals surface area contributed by atoms with E-state index in [0.29, 0.717) is 6.04 Å². The highest BCUT2D eigenvalue weighted by molar-refractivity contribution is 5.53. The van der Waals surface area contributed by atoms with Crippen LogP contribution in [0.3, 0.4) is 0 Å². The van der Waals surface area contributed by atoms with Gasteiger partial charge < -0.3 is 10.6 Å². The number of benzene rings is 1. The molecule has 1 aliphatic carbocycles. The Morgan fingerprint density at radius 1 is 1.25 bits per heavy atom. The minimum atomic E-state index is 0.591. The second-order valence-electron chi connectivity index (χ2n) is 5.44. The lowest BCUT2D eigenvalue weighted by molar-refractivity contribution is 0.713. The van der Waals surface area contributed by atoms with Crippen LogP contribution in [-0.2, 0) is 6.54 Å². The molecule has 0 bridgehead atoms. The summed E-state index contributed by atoms with van der Waals surface area (Å²) >= 11 is 0. The first-order chi connectivity index (χ1) is 9.69. The van der Waals surface area contributed by atoms with Gasteiger partial charge in [0.25, 0.3) is 0 Å². The number of rotatable bonds is 5. The first-order valence-corrected chi connectivity index (χ1v) is 7.11. The SMILES string of the molecule is CNc1ccc(C)cc1CNc1nnc(C)n1C1CC1. The molecule has 2 N–H and O–H groups in total. The first-order valence-electron chi connectivity index (χ1n) is 7.11. The van der Waals surface area contributed by atoms with Crippen molar-refractivity contribution in [2.75, 3.05) is 17.7 Å². The molecule has 5 heteroatoms. The summed E-state index contributed by atoms with van der Waals surface area (Å²) in [6.07, 6.45) is 2.47. The van der Waals surface area contributed by atoms with Crippen LogP contribution in [0.1, 0.15) is 35.8 Å². The number of nitrogens with one attached hydrogen (secondary N) is 2. The van der Waals surface area contributed by atoms with Gasteiger partial charge in [0.15, 0.2) is 0 Å². The summed E-state index contributed by atoms with van der Waals surface area (Å²) in [7, 11) is 1.95. The van der Waals surface area contributed by atoms with Crippen molar-refractivity contribution in [3.63, 3.8) is 0 Å². The molecule has 1 fully saturated rings. The van der Waals surface area contributed by atoms with Crippen molar-refractivity contribution in [3.05, 3.63) is 35.2 Å². The van der Waals surface area contributed by atoms with Crippen LogP contribution in [0.2, 0.25) is 0 Å². The Morgan fingerprint density at radius 3 is 2.75 bits per heavy atom. The van der Waals surface area contributed by atoms with Gasteiger partial charge in [-0.15, -0.1) is 10.2 Å². The van der Waals surface area contributed by atoms with Gasteiger partial charge in [0.1, 0.15) is 5.82 Å². The van der Waals surface area contributed by atoms with E-state index in [4.69, 9.17) is 0 Å². The summed E-state index contributed by atoms with van der Waals surface area (Å²) in [5, 5.41) is 15.1. The fourth-order valence-corrected chi connectivity index (χ4v) is 2.55. The number of hydrogen-bond acceptors (Lipinski definition) is 4. The van der Waals surface area contributed by atoms with E-state index in [9.17, 15) is 0 Å². The third-order valence-corrected chi connectivity index (χ3v) is 3.75. The fourth-order valence-electron chi connectivity index (χ4n) is 2.55. The fraction of sp³-hybridized carbons (Fsp3) is 0.467. The molecule has 3 rings (SSSR count). The van der Waals surface area contributed by atoms with Crippen LogP contribution in [0.15, 0.2) is 18.2 Å². The Bertz CT molecular complexity index is 613. The van der Waals surface area contributed by atoms with Crippen molar-refractivity contribution in [1.29, 1.82) is 0 Å². The van der Waals surface area contributed by atoms with E-state index < -0.39 is 0 Å². The van der Waals surface area contributed by atoms with Crippen molar-refractivity contribution < 1.29 is 0 Å². The third-order valence-electron chi connectivity index (χ3n) is 3.75. The molecule has 0 saturated heterocycles. The topological polar surface area (TPSA) is 54.8 Å². The second kappa shape index (κ2) is 5.15. The molecule has 0 spiro atoms. The van der Waals surface area contributed by atoms with Crippen LogP contribution in [0.4, 0.5) is 11.6 Å². The summed E-state index contributed by atoms with van der Waals surface area (Å²) in [6.45, 7) is 4.88. The van der Waals surface area contributed by atoms with Crippen molar-refractivity contribution in [3.8, 4) is 0 Å². The molecule has 0 atom stereocenters. The maximum atomic E-state index is 4.25. The van der Waals surface area contributed by atoms with Crippen molar-refractivity contribution in [2.45, 2.75) is 39.3 Å². The van der Waals surface area contributed by atoms with Crippen molar-refractivity contribution >= 4 is 11.6 Å². The van der Waals surface area contributed by atoms with Crippen LogP contribution in [0, 0.1) is 13.8 Å². The highest BCUT2D eigenvalue weighted by atomic mass is 15.4. The van der Waals surface area contributed by atoms with Gasteiger partial charge in [-0.05, 0) is 38.3 Å². The summed E-state index contributed by atoms with van der Waals surface area (Å²) in [6, 6.07) is 7.02. The van der Waals surface area contributed by atoms with Crippen LogP contribution in [-0.4, -0.2) is 21.8 Å². The average molecular weight is 271 g/mol. The number of aromatic nitrogens is 3. The van der Waals surface area contributed by atoms with E-state index in [1.807, 2.05) is 14.0 Å². The van der Waals surface area contributed by atoms with Gasteiger partial charge in [-0.2, -0.15) is 0 Å². The highest BCUT2D eigenvalue weighted by Gasteiger charge is 2.28. The molecule has 0 aliphatic heterocycles. The zero-order chi connectivity index (χ0) is 14.1. The van der Waals surface area contributed by atoms with Gasteiger partial charge in [-0.3, -0.25) is 4.57 Å². The number of nitrogens with zero attached hydrogens (tertiary/aromatic N) is 3. The van der Waals surface area contributed by atoms with Crippen LogP contribution in [0.25, 0.3) is 0 Å². The smallest absolute Gasteiger partial charge is 0.225 e. The predicted molar refractivity (Wildman–Crippen MR) is 81.1 cm³/mol. The maximum absolute atomic E-state index is 4.25. The Morgan fingerprint density at radius 2 is 2.05 bits per heavy atom. The summed E-state index contributed by atoms with van der Waals surface area (Å²) in [4.78, 5) is 0. The standard InChI is InChI=1S/C15H21N5/c1-10-4-7-14(16-3)12(8-10)9-17-15-19-18-11(2)20(15)13-5-6-13/h4,7-8,13,16H,5-6,9H2,1-3H3,(H,17,19). The number of aryl methyl sites for hydroxylation is 2. The van der Waals surface area contributed by atoms with E-state index in [0.717, 1.165) is 24.0 Å². The van der Waals surface area contributed by atoms with Crippen molar-refractivity contribution in [2.24, 2.45) is 0 Å². The van der Waals surface area contributed by atoms with Gasteiger partial charge in [0.2, 0.25) is 5.95 Å². The number of anilines is 2. The monoisotopic (exact) mass is 271 g/mol. The Kier molecular flexibility index (Phi) is 3.34. The molecule has 0 amide bonds. The highest BCUT2D eigenvalue weighted by Crippen LogP contribution is 2.37. The Labute approximate surface area is 119 Å². The molecule has 0 unspecified atom stereocenters. The number of hydrogen-bond donors (Lipinski definition) is 2. The maximum Gasteiger partial charge on any atom is 0.225 e. The minimum Gasteiger partial charge on any atom is -0.388 e. The summed E-state index contributed by atoms with van der Waals surface area (Å²) < 4.78 is 2.22. The first kappa shape index (κ1) is 13.0. The average Bonchev–Trinajstić information content (AvgIpc) is 3.20. The summed E-state index contributed by atoms with van der Waals surface area (Å²) in [5.74, 6) is 1.88. The zero-order valence-electron chi connectivity index (χ0n) is 12.3. The van der Waals surface area contributed by atoms with E-state index in [-0.39, 0.29) is 0 Å². The molecule has 1 aliphatic rings. The molecule has 1 saturated carbocycles. The van der Waals surface area contributed by atoms with E-state index in [1.54, 1.807) is 0 Å². The molecule has 1 heterocycles. The van der Waals surface area contributed by atoms with Gasteiger partial charge in [-0.25, -0.2) is 0 Å². The molecular formula is C15H21N5. The lowest BCUT2D eigenvalue weighted by Gasteiger charge is -2.13. The molecule has 1 aromatic heterocycles. The van der Waals surface area contributed by atoms with E-state index in [2.05, 4.69) is 50.5 Å². The molecule has 20 heavy (non-hydrogen) atoms.